The van der Waals surface area contributed by atoms with Gasteiger partial charge in [-0.3, -0.25) is 4.79 Å². The van der Waals surface area contributed by atoms with Crippen LogP contribution in [0.2, 0.25) is 0 Å². The smallest absolute Gasteiger partial charge is 0.317 e. The summed E-state index contributed by atoms with van der Waals surface area (Å²) in [5, 5.41) is 6.19. The van der Waals surface area contributed by atoms with Crippen molar-refractivity contribution in [1.29, 1.82) is 0 Å². The molecule has 3 amide bonds. The summed E-state index contributed by atoms with van der Waals surface area (Å²) in [7, 11) is 0. The second kappa shape index (κ2) is 10.3. The van der Waals surface area contributed by atoms with E-state index in [1.807, 2.05) is 47.9 Å². The van der Waals surface area contributed by atoms with Gasteiger partial charge in [0.2, 0.25) is 0 Å². The van der Waals surface area contributed by atoms with Crippen LogP contribution in [0.25, 0.3) is 10.6 Å². The number of aryl methyl sites for hydroxylation is 2. The number of aromatic nitrogens is 1. The van der Waals surface area contributed by atoms with Gasteiger partial charge < -0.3 is 15.1 Å². The molecule has 0 aliphatic carbocycles. The van der Waals surface area contributed by atoms with E-state index < -0.39 is 0 Å². The third-order valence-electron chi connectivity index (χ3n) is 5.52. The molecule has 0 unspecified atom stereocenters. The number of nitrogens with one attached hydrogen (secondary N) is 1. The first-order valence-electron chi connectivity index (χ1n) is 10.9. The monoisotopic (exact) mass is 468 g/mol. The lowest BCUT2D eigenvalue weighted by Gasteiger charge is -2.22. The van der Waals surface area contributed by atoms with Crippen LogP contribution in [0.4, 0.5) is 4.79 Å². The Bertz CT molecular complexity index is 1090. The minimum atomic E-state index is -0.0539. The van der Waals surface area contributed by atoms with Crippen LogP contribution in [0.1, 0.15) is 32.2 Å². The molecule has 1 aromatic carbocycles. The standard InChI is InChI=1S/C24H28N4O2S2/c1-17-5-3-6-19(15-17)23(29)27-11-4-12-28(14-13-27)24(30)25-10-9-20-7-8-22(32-20)21-16-31-18(2)26-21/h3,5-8,15-16H,4,9-14H2,1-2H3,(H,25,30). The van der Waals surface area contributed by atoms with E-state index in [0.29, 0.717) is 38.3 Å². The number of carbonyl (C=O) groups excluding carboxylic acids is 2. The summed E-state index contributed by atoms with van der Waals surface area (Å²) in [4.78, 5) is 36.1. The van der Waals surface area contributed by atoms with Crippen molar-refractivity contribution in [1.82, 2.24) is 20.1 Å². The van der Waals surface area contributed by atoms with Crippen LogP contribution in [0, 0.1) is 13.8 Å². The number of carbonyl (C=O) groups is 2. The Kier molecular flexibility index (Phi) is 7.22. The molecule has 1 aliphatic rings. The molecular weight excluding hydrogens is 440 g/mol. The summed E-state index contributed by atoms with van der Waals surface area (Å²) in [6.07, 6.45) is 1.58. The largest absolute Gasteiger partial charge is 0.338 e. The number of benzene rings is 1. The van der Waals surface area contributed by atoms with Gasteiger partial charge in [0, 0.05) is 48.5 Å². The van der Waals surface area contributed by atoms with Crippen LogP contribution < -0.4 is 5.32 Å². The quantitative estimate of drug-likeness (QED) is 0.596. The second-order valence-corrected chi connectivity index (χ2v) is 10.2. The molecule has 0 bridgehead atoms. The molecule has 32 heavy (non-hydrogen) atoms. The van der Waals surface area contributed by atoms with Crippen molar-refractivity contribution in [2.75, 3.05) is 32.7 Å². The van der Waals surface area contributed by atoms with E-state index in [0.717, 1.165) is 29.1 Å². The van der Waals surface area contributed by atoms with Gasteiger partial charge in [-0.25, -0.2) is 9.78 Å². The van der Waals surface area contributed by atoms with Gasteiger partial charge in [0.25, 0.3) is 5.91 Å². The molecule has 0 saturated carbocycles. The summed E-state index contributed by atoms with van der Waals surface area (Å²) in [6, 6.07) is 11.8. The molecule has 0 atom stereocenters. The zero-order valence-electron chi connectivity index (χ0n) is 18.5. The van der Waals surface area contributed by atoms with Crippen molar-refractivity contribution in [2.45, 2.75) is 26.7 Å². The first-order chi connectivity index (χ1) is 15.5. The van der Waals surface area contributed by atoms with Crippen molar-refractivity contribution in [3.63, 3.8) is 0 Å². The molecule has 1 N–H and O–H groups in total. The predicted octanol–water partition coefficient (Wildman–Crippen LogP) is 4.59. The summed E-state index contributed by atoms with van der Waals surface area (Å²) in [5.74, 6) is 0.0414. The van der Waals surface area contributed by atoms with Crippen LogP contribution in [0.5, 0.6) is 0 Å². The Morgan fingerprint density at radius 3 is 2.66 bits per heavy atom. The van der Waals surface area contributed by atoms with Crippen LogP contribution in [-0.4, -0.2) is 59.4 Å². The number of urea groups is 1. The highest BCUT2D eigenvalue weighted by Gasteiger charge is 2.22. The van der Waals surface area contributed by atoms with Gasteiger partial charge in [-0.1, -0.05) is 17.7 Å². The third-order valence-corrected chi connectivity index (χ3v) is 7.46. The second-order valence-electron chi connectivity index (χ2n) is 8.00. The molecule has 0 radical (unpaired) electrons. The number of amides is 3. The van der Waals surface area contributed by atoms with E-state index in [2.05, 4.69) is 27.8 Å². The Labute approximate surface area is 196 Å². The van der Waals surface area contributed by atoms with E-state index in [9.17, 15) is 9.59 Å². The molecule has 2 aromatic heterocycles. The van der Waals surface area contributed by atoms with Crippen LogP contribution >= 0.6 is 22.7 Å². The van der Waals surface area contributed by atoms with Crippen molar-refractivity contribution in [3.05, 3.63) is 62.8 Å². The van der Waals surface area contributed by atoms with E-state index in [-0.39, 0.29) is 11.9 Å². The zero-order valence-corrected chi connectivity index (χ0v) is 20.1. The molecule has 1 aliphatic heterocycles. The lowest BCUT2D eigenvalue weighted by Crippen LogP contribution is -2.43. The molecule has 8 heteroatoms. The Hall–Kier alpha value is -2.71. The molecule has 1 fully saturated rings. The number of hydrogen-bond donors (Lipinski definition) is 1. The van der Waals surface area contributed by atoms with E-state index in [4.69, 9.17) is 0 Å². The maximum atomic E-state index is 12.8. The van der Waals surface area contributed by atoms with Gasteiger partial charge >= 0.3 is 6.03 Å². The number of thiazole rings is 1. The number of thiophene rings is 1. The van der Waals surface area contributed by atoms with Crippen LogP contribution in [-0.2, 0) is 6.42 Å². The summed E-state index contributed by atoms with van der Waals surface area (Å²) in [5.41, 5.74) is 2.82. The molecule has 6 nitrogen and oxygen atoms in total. The minimum absolute atomic E-state index is 0.0414. The fraction of sp³-hybridized carbons (Fsp3) is 0.375. The predicted molar refractivity (Wildman–Crippen MR) is 131 cm³/mol. The highest BCUT2D eigenvalue weighted by molar-refractivity contribution is 7.16. The average molecular weight is 469 g/mol. The highest BCUT2D eigenvalue weighted by Crippen LogP contribution is 2.29. The van der Waals surface area contributed by atoms with Gasteiger partial charge in [-0.15, -0.1) is 22.7 Å². The fourth-order valence-electron chi connectivity index (χ4n) is 3.82. The highest BCUT2D eigenvalue weighted by atomic mass is 32.1. The normalized spacial score (nSPS) is 14.3. The summed E-state index contributed by atoms with van der Waals surface area (Å²) in [6.45, 7) is 7.04. The van der Waals surface area contributed by atoms with Crippen LogP contribution in [0.15, 0.2) is 41.8 Å². The van der Waals surface area contributed by atoms with E-state index >= 15 is 0 Å². The maximum absolute atomic E-state index is 12.8. The number of nitrogens with zero attached hydrogens (tertiary/aromatic N) is 3. The molecule has 3 aromatic rings. The van der Waals surface area contributed by atoms with Crippen molar-refractivity contribution in [3.8, 4) is 10.6 Å². The molecule has 0 spiro atoms. The van der Waals surface area contributed by atoms with E-state index in [1.165, 1.54) is 9.75 Å². The number of hydrogen-bond acceptors (Lipinski definition) is 5. The van der Waals surface area contributed by atoms with Gasteiger partial charge in [-0.05, 0) is 51.0 Å². The maximum Gasteiger partial charge on any atom is 0.317 e. The first-order valence-corrected chi connectivity index (χ1v) is 12.6. The van der Waals surface area contributed by atoms with Gasteiger partial charge in [0.15, 0.2) is 0 Å². The van der Waals surface area contributed by atoms with Crippen molar-refractivity contribution >= 4 is 34.6 Å². The minimum Gasteiger partial charge on any atom is -0.338 e. The van der Waals surface area contributed by atoms with Crippen molar-refractivity contribution in [2.24, 2.45) is 0 Å². The molecule has 4 rings (SSSR count). The lowest BCUT2D eigenvalue weighted by molar-refractivity contribution is 0.0762. The van der Waals surface area contributed by atoms with E-state index in [1.54, 1.807) is 22.7 Å². The molecule has 1 saturated heterocycles. The van der Waals surface area contributed by atoms with Crippen molar-refractivity contribution < 1.29 is 9.59 Å². The van der Waals surface area contributed by atoms with Gasteiger partial charge in [0.1, 0.15) is 0 Å². The summed E-state index contributed by atoms with van der Waals surface area (Å²) < 4.78 is 0. The molecule has 168 valence electrons. The molecular formula is C24H28N4O2S2. The first kappa shape index (κ1) is 22.5. The topological polar surface area (TPSA) is 65.5 Å². The fourth-order valence-corrected chi connectivity index (χ4v) is 5.47. The van der Waals surface area contributed by atoms with Gasteiger partial charge in [-0.2, -0.15) is 0 Å². The average Bonchev–Trinajstić information content (AvgIpc) is 3.35. The summed E-state index contributed by atoms with van der Waals surface area (Å²) >= 11 is 3.38. The Morgan fingerprint density at radius 2 is 1.88 bits per heavy atom. The Balaban J connectivity index is 1.25. The van der Waals surface area contributed by atoms with Gasteiger partial charge in [0.05, 0.1) is 15.6 Å². The zero-order chi connectivity index (χ0) is 22.5. The number of rotatable bonds is 5. The van der Waals surface area contributed by atoms with Crippen LogP contribution in [0.3, 0.4) is 0 Å². The Morgan fingerprint density at radius 1 is 1.06 bits per heavy atom. The molecule has 3 heterocycles. The lowest BCUT2D eigenvalue weighted by atomic mass is 10.1. The third kappa shape index (κ3) is 5.55. The SMILES string of the molecule is Cc1cccc(C(=O)N2CCCN(C(=O)NCCc3ccc(-c4csc(C)n4)s3)CC2)c1.